The van der Waals surface area contributed by atoms with Crippen molar-refractivity contribution in [2.45, 2.75) is 6.54 Å². The molecule has 0 bridgehead atoms. The number of hydrogen-bond donors (Lipinski definition) is 2. The number of carboxylic acids is 1. The second-order valence-electron chi connectivity index (χ2n) is 3.98. The van der Waals surface area contributed by atoms with Crippen LogP contribution in [0.25, 0.3) is 0 Å². The lowest BCUT2D eigenvalue weighted by Gasteiger charge is -2.08. The SMILES string of the molecule is O=C(O)c1ccc(F)c(NCc2cccc(Cl)c2)c1. The Kier molecular flexibility index (Phi) is 4.02. The van der Waals surface area contributed by atoms with E-state index in [1.807, 2.05) is 6.07 Å². The molecule has 0 aliphatic carbocycles. The zero-order chi connectivity index (χ0) is 13.8. The standard InChI is InChI=1S/C14H11ClFNO2/c15-11-3-1-2-9(6-11)8-17-13-7-10(14(18)19)4-5-12(13)16/h1-7,17H,8H2,(H,18,19). The van der Waals surface area contributed by atoms with E-state index in [-0.39, 0.29) is 11.3 Å². The van der Waals surface area contributed by atoms with Crippen molar-refractivity contribution in [3.8, 4) is 0 Å². The third-order valence-electron chi connectivity index (χ3n) is 2.59. The molecular formula is C14H11ClFNO2. The van der Waals surface area contributed by atoms with Crippen molar-refractivity contribution in [1.29, 1.82) is 0 Å². The lowest BCUT2D eigenvalue weighted by molar-refractivity contribution is 0.0697. The minimum atomic E-state index is -1.09. The highest BCUT2D eigenvalue weighted by Gasteiger charge is 2.08. The molecule has 2 N–H and O–H groups in total. The molecule has 2 aromatic carbocycles. The van der Waals surface area contributed by atoms with E-state index in [1.165, 1.54) is 12.1 Å². The van der Waals surface area contributed by atoms with E-state index in [2.05, 4.69) is 5.32 Å². The van der Waals surface area contributed by atoms with Crippen LogP contribution in [-0.4, -0.2) is 11.1 Å². The Balaban J connectivity index is 2.15. The molecule has 0 amide bonds. The summed E-state index contributed by atoms with van der Waals surface area (Å²) in [5.41, 5.74) is 1.07. The summed E-state index contributed by atoms with van der Waals surface area (Å²) in [4.78, 5) is 10.8. The van der Waals surface area contributed by atoms with Crippen LogP contribution in [0.1, 0.15) is 15.9 Å². The summed E-state index contributed by atoms with van der Waals surface area (Å²) in [6.45, 7) is 0.362. The van der Waals surface area contributed by atoms with Crippen LogP contribution < -0.4 is 5.32 Å². The van der Waals surface area contributed by atoms with Gasteiger partial charge in [0.2, 0.25) is 0 Å². The fourth-order valence-corrected chi connectivity index (χ4v) is 1.85. The van der Waals surface area contributed by atoms with Crippen LogP contribution >= 0.6 is 11.6 Å². The molecule has 0 atom stereocenters. The predicted octanol–water partition coefficient (Wildman–Crippen LogP) is 3.79. The zero-order valence-corrected chi connectivity index (χ0v) is 10.6. The van der Waals surface area contributed by atoms with E-state index in [0.717, 1.165) is 11.6 Å². The first-order chi connectivity index (χ1) is 9.06. The van der Waals surface area contributed by atoms with Gasteiger partial charge in [-0.2, -0.15) is 0 Å². The van der Waals surface area contributed by atoms with Gasteiger partial charge in [0, 0.05) is 11.6 Å². The summed E-state index contributed by atoms with van der Waals surface area (Å²) in [5, 5.41) is 12.3. The Morgan fingerprint density at radius 2 is 2.05 bits per heavy atom. The molecule has 2 aromatic rings. The van der Waals surface area contributed by atoms with Crippen molar-refractivity contribution in [2.24, 2.45) is 0 Å². The van der Waals surface area contributed by atoms with Crippen LogP contribution in [0.3, 0.4) is 0 Å². The second kappa shape index (κ2) is 5.71. The third-order valence-corrected chi connectivity index (χ3v) is 2.82. The number of anilines is 1. The van der Waals surface area contributed by atoms with Gasteiger partial charge in [-0.1, -0.05) is 23.7 Å². The molecule has 98 valence electrons. The minimum Gasteiger partial charge on any atom is -0.478 e. The van der Waals surface area contributed by atoms with Crippen LogP contribution in [0.2, 0.25) is 5.02 Å². The highest BCUT2D eigenvalue weighted by Crippen LogP contribution is 2.18. The number of carbonyl (C=O) groups is 1. The monoisotopic (exact) mass is 279 g/mol. The maximum Gasteiger partial charge on any atom is 0.335 e. The van der Waals surface area contributed by atoms with Crippen LogP contribution in [0.15, 0.2) is 42.5 Å². The van der Waals surface area contributed by atoms with Crippen LogP contribution in [0, 0.1) is 5.82 Å². The normalized spacial score (nSPS) is 10.2. The van der Waals surface area contributed by atoms with Gasteiger partial charge in [-0.3, -0.25) is 0 Å². The second-order valence-corrected chi connectivity index (χ2v) is 4.42. The summed E-state index contributed by atoms with van der Waals surface area (Å²) in [7, 11) is 0. The van der Waals surface area contributed by atoms with Gasteiger partial charge >= 0.3 is 5.97 Å². The van der Waals surface area contributed by atoms with Gasteiger partial charge in [-0.05, 0) is 35.9 Å². The van der Waals surface area contributed by atoms with Gasteiger partial charge in [-0.15, -0.1) is 0 Å². The Bertz CT molecular complexity index is 616. The quantitative estimate of drug-likeness (QED) is 0.895. The average molecular weight is 280 g/mol. The van der Waals surface area contributed by atoms with Gasteiger partial charge in [-0.25, -0.2) is 9.18 Å². The molecule has 0 spiro atoms. The molecular weight excluding hydrogens is 269 g/mol. The van der Waals surface area contributed by atoms with Gasteiger partial charge < -0.3 is 10.4 Å². The Hall–Kier alpha value is -2.07. The topological polar surface area (TPSA) is 49.3 Å². The molecule has 0 fully saturated rings. The Morgan fingerprint density at radius 1 is 1.26 bits per heavy atom. The predicted molar refractivity (Wildman–Crippen MR) is 72.1 cm³/mol. The maximum absolute atomic E-state index is 13.5. The number of halogens is 2. The van der Waals surface area contributed by atoms with Crippen molar-refractivity contribution in [1.82, 2.24) is 0 Å². The molecule has 0 aliphatic heterocycles. The largest absolute Gasteiger partial charge is 0.478 e. The molecule has 2 rings (SSSR count). The Labute approximate surface area is 114 Å². The van der Waals surface area contributed by atoms with Gasteiger partial charge in [0.1, 0.15) is 5.82 Å². The average Bonchev–Trinajstić information content (AvgIpc) is 2.37. The van der Waals surface area contributed by atoms with Gasteiger partial charge in [0.05, 0.1) is 11.3 Å². The van der Waals surface area contributed by atoms with E-state index < -0.39 is 11.8 Å². The van der Waals surface area contributed by atoms with Crippen molar-refractivity contribution >= 4 is 23.3 Å². The van der Waals surface area contributed by atoms with Crippen molar-refractivity contribution in [3.05, 3.63) is 64.4 Å². The lowest BCUT2D eigenvalue weighted by atomic mass is 10.1. The first-order valence-corrected chi connectivity index (χ1v) is 5.95. The zero-order valence-electron chi connectivity index (χ0n) is 9.86. The third kappa shape index (κ3) is 3.45. The van der Waals surface area contributed by atoms with Gasteiger partial charge in [0.15, 0.2) is 0 Å². The summed E-state index contributed by atoms with van der Waals surface area (Å²) < 4.78 is 13.5. The van der Waals surface area contributed by atoms with E-state index in [1.54, 1.807) is 18.2 Å². The number of benzene rings is 2. The lowest BCUT2D eigenvalue weighted by Crippen LogP contribution is -2.04. The Morgan fingerprint density at radius 3 is 2.74 bits per heavy atom. The molecule has 0 heterocycles. The van der Waals surface area contributed by atoms with Crippen molar-refractivity contribution in [3.63, 3.8) is 0 Å². The number of nitrogens with one attached hydrogen (secondary N) is 1. The van der Waals surface area contributed by atoms with Gasteiger partial charge in [0.25, 0.3) is 0 Å². The highest BCUT2D eigenvalue weighted by molar-refractivity contribution is 6.30. The summed E-state index contributed by atoms with van der Waals surface area (Å²) in [6.07, 6.45) is 0. The number of hydrogen-bond acceptors (Lipinski definition) is 2. The fourth-order valence-electron chi connectivity index (χ4n) is 1.64. The highest BCUT2D eigenvalue weighted by atomic mass is 35.5. The van der Waals surface area contributed by atoms with E-state index in [4.69, 9.17) is 16.7 Å². The summed E-state index contributed by atoms with van der Waals surface area (Å²) >= 11 is 5.85. The van der Waals surface area contributed by atoms with Crippen LogP contribution in [0.5, 0.6) is 0 Å². The van der Waals surface area contributed by atoms with E-state index in [0.29, 0.717) is 11.6 Å². The smallest absolute Gasteiger partial charge is 0.335 e. The summed E-state index contributed by atoms with van der Waals surface area (Å²) in [6, 6.07) is 10.8. The molecule has 0 aromatic heterocycles. The van der Waals surface area contributed by atoms with E-state index in [9.17, 15) is 9.18 Å². The first kappa shape index (κ1) is 13.4. The molecule has 0 aliphatic rings. The molecule has 19 heavy (non-hydrogen) atoms. The summed E-state index contributed by atoms with van der Waals surface area (Å²) in [5.74, 6) is -1.59. The van der Waals surface area contributed by atoms with E-state index >= 15 is 0 Å². The van der Waals surface area contributed by atoms with Crippen molar-refractivity contribution < 1.29 is 14.3 Å². The minimum absolute atomic E-state index is 0.0370. The van der Waals surface area contributed by atoms with Crippen molar-refractivity contribution in [2.75, 3.05) is 5.32 Å². The first-order valence-electron chi connectivity index (χ1n) is 5.57. The van der Waals surface area contributed by atoms with Crippen LogP contribution in [-0.2, 0) is 6.54 Å². The molecule has 5 heteroatoms. The molecule has 0 saturated heterocycles. The molecule has 3 nitrogen and oxygen atoms in total. The number of aromatic carboxylic acids is 1. The maximum atomic E-state index is 13.5. The van der Waals surface area contributed by atoms with Crippen LogP contribution in [0.4, 0.5) is 10.1 Å². The fraction of sp³-hybridized carbons (Fsp3) is 0.0714. The molecule has 0 saturated carbocycles. The number of carboxylic acid groups (broad SMARTS) is 1. The molecule has 0 radical (unpaired) electrons. The number of rotatable bonds is 4. The molecule has 0 unspecified atom stereocenters.